The SMILES string of the molecule is CCCN(CCC)S(=O)(=O)c1ccc(C(=O)Nc2ccc(C(C)=O)cc2)cc1. The topological polar surface area (TPSA) is 83.6 Å². The zero-order valence-electron chi connectivity index (χ0n) is 16.4. The third-order valence-corrected chi connectivity index (χ3v) is 6.16. The first-order chi connectivity index (χ1) is 13.3. The Morgan fingerprint density at radius 3 is 1.82 bits per heavy atom. The lowest BCUT2D eigenvalue weighted by Crippen LogP contribution is -2.32. The molecule has 0 bridgehead atoms. The molecule has 0 heterocycles. The highest BCUT2D eigenvalue weighted by atomic mass is 32.2. The molecule has 0 saturated heterocycles. The van der Waals surface area contributed by atoms with E-state index in [2.05, 4.69) is 5.32 Å². The molecule has 0 radical (unpaired) electrons. The quantitative estimate of drug-likeness (QED) is 0.644. The molecule has 0 fully saturated rings. The standard InChI is InChI=1S/C21H26N2O4S/c1-4-14-23(15-5-2)28(26,27)20-12-8-18(9-13-20)21(25)22-19-10-6-17(7-11-19)16(3)24/h6-13H,4-5,14-15H2,1-3H3,(H,22,25). The largest absolute Gasteiger partial charge is 0.322 e. The predicted molar refractivity (Wildman–Crippen MR) is 110 cm³/mol. The van der Waals surface area contributed by atoms with E-state index < -0.39 is 10.0 Å². The van der Waals surface area contributed by atoms with Crippen molar-refractivity contribution in [2.75, 3.05) is 18.4 Å². The molecule has 0 aliphatic carbocycles. The number of nitrogens with one attached hydrogen (secondary N) is 1. The molecule has 0 saturated carbocycles. The van der Waals surface area contributed by atoms with Crippen molar-refractivity contribution in [2.45, 2.75) is 38.5 Å². The van der Waals surface area contributed by atoms with E-state index in [-0.39, 0.29) is 16.6 Å². The number of benzene rings is 2. The van der Waals surface area contributed by atoms with Crippen LogP contribution in [0.5, 0.6) is 0 Å². The summed E-state index contributed by atoms with van der Waals surface area (Å²) in [5.41, 5.74) is 1.48. The van der Waals surface area contributed by atoms with Crippen molar-refractivity contribution >= 4 is 27.4 Å². The van der Waals surface area contributed by atoms with E-state index in [0.717, 1.165) is 12.8 Å². The van der Waals surface area contributed by atoms with Crippen molar-refractivity contribution in [3.05, 3.63) is 59.7 Å². The van der Waals surface area contributed by atoms with Crippen molar-refractivity contribution in [3.8, 4) is 0 Å². The van der Waals surface area contributed by atoms with Gasteiger partial charge in [0.25, 0.3) is 5.91 Å². The normalized spacial score (nSPS) is 11.4. The summed E-state index contributed by atoms with van der Waals surface area (Å²) in [5, 5.41) is 2.74. The summed E-state index contributed by atoms with van der Waals surface area (Å²) in [4.78, 5) is 23.9. The van der Waals surface area contributed by atoms with Gasteiger partial charge in [-0.1, -0.05) is 13.8 Å². The van der Waals surface area contributed by atoms with Gasteiger partial charge >= 0.3 is 0 Å². The highest BCUT2D eigenvalue weighted by molar-refractivity contribution is 7.89. The average molecular weight is 403 g/mol. The fourth-order valence-corrected chi connectivity index (χ4v) is 4.39. The molecule has 0 unspecified atom stereocenters. The molecule has 2 aromatic rings. The fourth-order valence-electron chi connectivity index (χ4n) is 2.77. The summed E-state index contributed by atoms with van der Waals surface area (Å²) < 4.78 is 27.0. The Bertz CT molecular complexity index is 914. The molecular formula is C21H26N2O4S. The number of amides is 1. The van der Waals surface area contributed by atoms with Crippen molar-refractivity contribution in [1.82, 2.24) is 4.31 Å². The number of Topliss-reactive ketones (excluding diaryl/α,β-unsaturated/α-hetero) is 1. The lowest BCUT2D eigenvalue weighted by atomic mass is 10.1. The first-order valence-electron chi connectivity index (χ1n) is 9.32. The van der Waals surface area contributed by atoms with Crippen LogP contribution in [-0.2, 0) is 10.0 Å². The second kappa shape index (κ2) is 9.61. The fraction of sp³-hybridized carbons (Fsp3) is 0.333. The summed E-state index contributed by atoms with van der Waals surface area (Å²) in [7, 11) is -3.57. The number of hydrogen-bond acceptors (Lipinski definition) is 4. The summed E-state index contributed by atoms with van der Waals surface area (Å²) in [5.74, 6) is -0.395. The summed E-state index contributed by atoms with van der Waals surface area (Å²) in [6.45, 7) is 6.29. The number of ketones is 1. The molecule has 0 spiro atoms. The maximum atomic E-state index is 12.8. The zero-order valence-corrected chi connectivity index (χ0v) is 17.3. The van der Waals surface area contributed by atoms with Gasteiger partial charge in [-0.05, 0) is 68.3 Å². The Hall–Kier alpha value is -2.51. The second-order valence-corrected chi connectivity index (χ2v) is 8.45. The van der Waals surface area contributed by atoms with Crippen molar-refractivity contribution < 1.29 is 18.0 Å². The minimum atomic E-state index is -3.57. The van der Waals surface area contributed by atoms with Crippen molar-refractivity contribution in [2.24, 2.45) is 0 Å². The van der Waals surface area contributed by atoms with Gasteiger partial charge in [0.05, 0.1) is 4.90 Å². The lowest BCUT2D eigenvalue weighted by Gasteiger charge is -2.21. The van der Waals surface area contributed by atoms with E-state index in [1.165, 1.54) is 35.5 Å². The van der Waals surface area contributed by atoms with E-state index in [4.69, 9.17) is 0 Å². The summed E-state index contributed by atoms with van der Waals surface area (Å²) in [6.07, 6.45) is 1.48. The highest BCUT2D eigenvalue weighted by Gasteiger charge is 2.23. The lowest BCUT2D eigenvalue weighted by molar-refractivity contribution is 0.101. The minimum Gasteiger partial charge on any atom is -0.322 e. The first kappa shape index (κ1) is 21.8. The average Bonchev–Trinajstić information content (AvgIpc) is 2.68. The van der Waals surface area contributed by atoms with E-state index in [9.17, 15) is 18.0 Å². The van der Waals surface area contributed by atoms with Crippen molar-refractivity contribution in [1.29, 1.82) is 0 Å². The molecule has 0 aromatic heterocycles. The van der Waals surface area contributed by atoms with Gasteiger partial charge in [0.1, 0.15) is 0 Å². The number of carbonyl (C=O) groups is 2. The number of carbonyl (C=O) groups excluding carboxylic acids is 2. The van der Waals surface area contributed by atoms with Crippen LogP contribution in [-0.4, -0.2) is 37.5 Å². The Balaban J connectivity index is 2.14. The number of rotatable bonds is 9. The van der Waals surface area contributed by atoms with Gasteiger partial charge in [-0.15, -0.1) is 0 Å². The number of anilines is 1. The van der Waals surface area contributed by atoms with E-state index in [1.807, 2.05) is 13.8 Å². The molecular weight excluding hydrogens is 376 g/mol. The second-order valence-electron chi connectivity index (χ2n) is 6.52. The van der Waals surface area contributed by atoms with Crippen LogP contribution in [0.2, 0.25) is 0 Å². The molecule has 0 atom stereocenters. The predicted octanol–water partition coefficient (Wildman–Crippen LogP) is 3.95. The van der Waals surface area contributed by atoms with Gasteiger partial charge in [-0.3, -0.25) is 9.59 Å². The van der Waals surface area contributed by atoms with Crippen LogP contribution in [0.25, 0.3) is 0 Å². The van der Waals surface area contributed by atoms with Gasteiger partial charge in [0.2, 0.25) is 10.0 Å². The molecule has 1 amide bonds. The molecule has 1 N–H and O–H groups in total. The van der Waals surface area contributed by atoms with Crippen LogP contribution in [0, 0.1) is 0 Å². The monoisotopic (exact) mass is 402 g/mol. The van der Waals surface area contributed by atoms with Crippen LogP contribution in [0.4, 0.5) is 5.69 Å². The van der Waals surface area contributed by atoms with Crippen LogP contribution in [0.3, 0.4) is 0 Å². The van der Waals surface area contributed by atoms with E-state index in [0.29, 0.717) is 29.9 Å². The maximum absolute atomic E-state index is 12.8. The Labute approximate surface area is 166 Å². The van der Waals surface area contributed by atoms with Crippen molar-refractivity contribution in [3.63, 3.8) is 0 Å². The van der Waals surface area contributed by atoms with Gasteiger partial charge in [-0.2, -0.15) is 4.31 Å². The van der Waals surface area contributed by atoms with Crippen LogP contribution >= 0.6 is 0 Å². The molecule has 0 aliphatic heterocycles. The summed E-state index contributed by atoms with van der Waals surface area (Å²) >= 11 is 0. The Kier molecular flexibility index (Phi) is 7.48. The third kappa shape index (κ3) is 5.27. The van der Waals surface area contributed by atoms with E-state index >= 15 is 0 Å². The van der Waals surface area contributed by atoms with Gasteiger partial charge < -0.3 is 5.32 Å². The molecule has 2 rings (SSSR count). The molecule has 150 valence electrons. The molecule has 0 aliphatic rings. The Morgan fingerprint density at radius 2 is 1.36 bits per heavy atom. The third-order valence-electron chi connectivity index (χ3n) is 4.25. The van der Waals surface area contributed by atoms with Crippen LogP contribution < -0.4 is 5.32 Å². The maximum Gasteiger partial charge on any atom is 0.255 e. The van der Waals surface area contributed by atoms with E-state index in [1.54, 1.807) is 24.3 Å². The number of hydrogen-bond donors (Lipinski definition) is 1. The van der Waals surface area contributed by atoms with Crippen LogP contribution in [0.1, 0.15) is 54.3 Å². The zero-order chi connectivity index (χ0) is 20.7. The highest BCUT2D eigenvalue weighted by Crippen LogP contribution is 2.18. The van der Waals surface area contributed by atoms with Crippen LogP contribution in [0.15, 0.2) is 53.4 Å². The van der Waals surface area contributed by atoms with Gasteiger partial charge in [-0.25, -0.2) is 8.42 Å². The molecule has 7 heteroatoms. The molecule has 2 aromatic carbocycles. The van der Waals surface area contributed by atoms with Gasteiger partial charge in [0.15, 0.2) is 5.78 Å². The summed E-state index contributed by atoms with van der Waals surface area (Å²) in [6, 6.07) is 12.5. The number of nitrogens with zero attached hydrogens (tertiary/aromatic N) is 1. The Morgan fingerprint density at radius 1 is 0.857 bits per heavy atom. The molecule has 28 heavy (non-hydrogen) atoms. The number of sulfonamides is 1. The smallest absolute Gasteiger partial charge is 0.255 e. The van der Waals surface area contributed by atoms with Gasteiger partial charge in [0, 0.05) is 29.9 Å². The first-order valence-corrected chi connectivity index (χ1v) is 10.8. The molecule has 6 nitrogen and oxygen atoms in total. The minimum absolute atomic E-state index is 0.0464.